The number of halogens is 1. The number of hydrogen-bond donors (Lipinski definition) is 0. The summed E-state index contributed by atoms with van der Waals surface area (Å²) in [7, 11) is -3.71. The van der Waals surface area contributed by atoms with E-state index in [1.807, 2.05) is 6.92 Å². The number of sulfonamides is 1. The first-order valence-corrected chi connectivity index (χ1v) is 10.2. The third kappa shape index (κ3) is 2.96. The molecule has 2 aromatic carbocycles. The van der Waals surface area contributed by atoms with Crippen LogP contribution in [0.1, 0.15) is 11.5 Å². The van der Waals surface area contributed by atoms with Crippen molar-refractivity contribution in [1.82, 2.24) is 5.16 Å². The molecule has 1 aliphatic heterocycles. The third-order valence-corrected chi connectivity index (χ3v) is 6.64. The Morgan fingerprint density at radius 1 is 1.15 bits per heavy atom. The fourth-order valence-corrected chi connectivity index (χ4v) is 4.97. The summed E-state index contributed by atoms with van der Waals surface area (Å²) < 4.78 is 38.5. The molecule has 0 bridgehead atoms. The number of anilines is 1. The second-order valence-electron chi connectivity index (χ2n) is 6.24. The minimum absolute atomic E-state index is 0.214. The van der Waals surface area contributed by atoms with Gasteiger partial charge >= 0.3 is 0 Å². The Bertz CT molecular complexity index is 1090. The van der Waals surface area contributed by atoms with E-state index in [-0.39, 0.29) is 18.0 Å². The van der Waals surface area contributed by atoms with Crippen LogP contribution in [0.25, 0.3) is 11.1 Å². The van der Waals surface area contributed by atoms with Gasteiger partial charge in [-0.05, 0) is 38.1 Å². The highest BCUT2D eigenvalue weighted by molar-refractivity contribution is 7.92. The van der Waals surface area contributed by atoms with E-state index in [0.29, 0.717) is 33.5 Å². The van der Waals surface area contributed by atoms with Crippen LogP contribution in [-0.2, 0) is 10.0 Å². The van der Waals surface area contributed by atoms with Gasteiger partial charge in [-0.1, -0.05) is 35.0 Å². The molecule has 0 saturated heterocycles. The molecule has 0 aliphatic carbocycles. The van der Waals surface area contributed by atoms with Crippen molar-refractivity contribution >= 4 is 27.3 Å². The highest BCUT2D eigenvalue weighted by Gasteiger charge is 2.31. The first kappa shape index (κ1) is 17.9. The lowest BCUT2D eigenvalue weighted by atomic mass is 10.0. The van der Waals surface area contributed by atoms with Crippen molar-refractivity contribution in [2.75, 3.05) is 17.5 Å². The van der Waals surface area contributed by atoms with Crippen molar-refractivity contribution in [3.05, 3.63) is 58.9 Å². The van der Waals surface area contributed by atoms with Crippen LogP contribution in [0.2, 0.25) is 5.02 Å². The van der Waals surface area contributed by atoms with E-state index in [2.05, 4.69) is 5.16 Å². The minimum atomic E-state index is -3.71. The maximum atomic E-state index is 13.1. The lowest BCUT2D eigenvalue weighted by Crippen LogP contribution is -2.37. The van der Waals surface area contributed by atoms with Crippen LogP contribution >= 0.6 is 11.6 Å². The molecule has 0 unspecified atom stereocenters. The highest BCUT2D eigenvalue weighted by atomic mass is 35.5. The van der Waals surface area contributed by atoms with Crippen molar-refractivity contribution in [2.24, 2.45) is 0 Å². The van der Waals surface area contributed by atoms with Crippen LogP contribution in [0.5, 0.6) is 5.75 Å². The Morgan fingerprint density at radius 2 is 1.89 bits per heavy atom. The van der Waals surface area contributed by atoms with Gasteiger partial charge in [-0.2, -0.15) is 0 Å². The molecule has 0 amide bonds. The highest BCUT2D eigenvalue weighted by Crippen LogP contribution is 2.43. The average Bonchev–Trinajstić information content (AvgIpc) is 2.99. The van der Waals surface area contributed by atoms with Gasteiger partial charge in [-0.25, -0.2) is 8.42 Å². The SMILES string of the molecule is Cc1noc(C)c1-c1cc2c(cc1Cl)N(S(=O)(=O)c1ccccc1)CCO2. The number of aromatic nitrogens is 1. The second kappa shape index (κ2) is 6.58. The predicted octanol–water partition coefficient (Wildman–Crippen LogP) is 4.20. The van der Waals surface area contributed by atoms with Crippen molar-refractivity contribution in [1.29, 1.82) is 0 Å². The van der Waals surface area contributed by atoms with Gasteiger partial charge in [0, 0.05) is 11.1 Å². The van der Waals surface area contributed by atoms with E-state index in [1.54, 1.807) is 49.4 Å². The molecule has 0 spiro atoms. The second-order valence-corrected chi connectivity index (χ2v) is 8.51. The number of benzene rings is 2. The number of aryl methyl sites for hydroxylation is 2. The largest absolute Gasteiger partial charge is 0.489 e. The summed E-state index contributed by atoms with van der Waals surface area (Å²) in [5.41, 5.74) is 2.62. The molecule has 140 valence electrons. The summed E-state index contributed by atoms with van der Waals surface area (Å²) in [5.74, 6) is 1.10. The number of hydrogen-bond acceptors (Lipinski definition) is 5. The van der Waals surface area contributed by atoms with E-state index in [1.165, 1.54) is 4.31 Å². The lowest BCUT2D eigenvalue weighted by Gasteiger charge is -2.31. The zero-order valence-corrected chi connectivity index (χ0v) is 16.3. The molecular weight excluding hydrogens is 388 g/mol. The van der Waals surface area contributed by atoms with Gasteiger partial charge in [0.1, 0.15) is 18.1 Å². The Balaban J connectivity index is 1.84. The summed E-state index contributed by atoms with van der Waals surface area (Å²) in [6.45, 7) is 4.10. The molecule has 3 aromatic rings. The fraction of sp³-hybridized carbons (Fsp3) is 0.211. The molecule has 1 aromatic heterocycles. The average molecular weight is 405 g/mol. The minimum Gasteiger partial charge on any atom is -0.489 e. The van der Waals surface area contributed by atoms with Gasteiger partial charge in [0.15, 0.2) is 0 Å². The Hall–Kier alpha value is -2.51. The maximum Gasteiger partial charge on any atom is 0.264 e. The third-order valence-electron chi connectivity index (χ3n) is 4.50. The smallest absolute Gasteiger partial charge is 0.264 e. The monoisotopic (exact) mass is 404 g/mol. The molecule has 1 aliphatic rings. The first-order chi connectivity index (χ1) is 12.9. The van der Waals surface area contributed by atoms with Gasteiger partial charge in [-0.15, -0.1) is 0 Å². The van der Waals surface area contributed by atoms with Crippen molar-refractivity contribution in [2.45, 2.75) is 18.7 Å². The van der Waals surface area contributed by atoms with E-state index in [0.717, 1.165) is 5.56 Å². The number of fused-ring (bicyclic) bond motifs is 1. The summed E-state index contributed by atoms with van der Waals surface area (Å²) >= 11 is 6.51. The van der Waals surface area contributed by atoms with Gasteiger partial charge in [0.2, 0.25) is 0 Å². The molecule has 4 rings (SSSR count). The molecule has 6 nitrogen and oxygen atoms in total. The van der Waals surface area contributed by atoms with Crippen LogP contribution in [-0.4, -0.2) is 26.7 Å². The van der Waals surface area contributed by atoms with Crippen LogP contribution in [0.4, 0.5) is 5.69 Å². The zero-order valence-electron chi connectivity index (χ0n) is 14.8. The Kier molecular flexibility index (Phi) is 4.36. The Labute approximate surface area is 162 Å². The summed E-state index contributed by atoms with van der Waals surface area (Å²) in [4.78, 5) is 0.226. The van der Waals surface area contributed by atoms with Gasteiger partial charge in [-0.3, -0.25) is 4.31 Å². The maximum absolute atomic E-state index is 13.1. The number of rotatable bonds is 3. The van der Waals surface area contributed by atoms with E-state index < -0.39 is 10.0 Å². The summed E-state index contributed by atoms with van der Waals surface area (Å²) in [6.07, 6.45) is 0. The van der Waals surface area contributed by atoms with Crippen molar-refractivity contribution in [3.8, 4) is 16.9 Å². The van der Waals surface area contributed by atoms with E-state index in [9.17, 15) is 8.42 Å². The van der Waals surface area contributed by atoms with Crippen LogP contribution < -0.4 is 9.04 Å². The lowest BCUT2D eigenvalue weighted by molar-refractivity contribution is 0.316. The number of ether oxygens (including phenoxy) is 1. The van der Waals surface area contributed by atoms with E-state index >= 15 is 0 Å². The topological polar surface area (TPSA) is 72.6 Å². The first-order valence-electron chi connectivity index (χ1n) is 8.37. The van der Waals surface area contributed by atoms with Gasteiger partial charge in [0.25, 0.3) is 10.0 Å². The molecule has 0 radical (unpaired) electrons. The predicted molar refractivity (Wildman–Crippen MR) is 103 cm³/mol. The van der Waals surface area contributed by atoms with Gasteiger partial charge in [0.05, 0.1) is 27.8 Å². The van der Waals surface area contributed by atoms with Crippen LogP contribution in [0, 0.1) is 13.8 Å². The summed E-state index contributed by atoms with van der Waals surface area (Å²) in [6, 6.07) is 11.7. The molecule has 2 heterocycles. The van der Waals surface area contributed by atoms with Crippen LogP contribution in [0.15, 0.2) is 51.9 Å². The quantitative estimate of drug-likeness (QED) is 0.654. The fourth-order valence-electron chi connectivity index (χ4n) is 3.24. The molecule has 0 fully saturated rings. The number of nitrogens with zero attached hydrogens (tertiary/aromatic N) is 2. The van der Waals surface area contributed by atoms with Gasteiger partial charge < -0.3 is 9.26 Å². The molecular formula is C19H17ClN2O4S. The molecule has 8 heteroatoms. The van der Waals surface area contributed by atoms with Crippen LogP contribution in [0.3, 0.4) is 0 Å². The van der Waals surface area contributed by atoms with Crippen molar-refractivity contribution in [3.63, 3.8) is 0 Å². The van der Waals surface area contributed by atoms with E-state index in [4.69, 9.17) is 20.9 Å². The zero-order chi connectivity index (χ0) is 19.2. The Morgan fingerprint density at radius 3 is 2.56 bits per heavy atom. The standard InChI is InChI=1S/C19H17ClN2O4S/c1-12-19(13(2)26-21-12)15-10-18-17(11-16(15)20)22(8-9-25-18)27(23,24)14-6-4-3-5-7-14/h3-7,10-11H,8-9H2,1-2H3. The molecule has 0 saturated carbocycles. The van der Waals surface area contributed by atoms with Crippen molar-refractivity contribution < 1.29 is 17.7 Å². The normalized spacial score (nSPS) is 14.0. The summed E-state index contributed by atoms with van der Waals surface area (Å²) in [5, 5.41) is 4.36. The molecule has 27 heavy (non-hydrogen) atoms. The molecule has 0 N–H and O–H groups in total. The molecule has 0 atom stereocenters.